The predicted octanol–water partition coefficient (Wildman–Crippen LogP) is 7.37. The van der Waals surface area contributed by atoms with Crippen molar-refractivity contribution >= 4 is 33.4 Å². The van der Waals surface area contributed by atoms with Gasteiger partial charge in [0.05, 0.1) is 39.3 Å². The molecule has 0 radical (unpaired) electrons. The zero-order valence-corrected chi connectivity index (χ0v) is 25.3. The van der Waals surface area contributed by atoms with Crippen LogP contribution in [-0.2, 0) is 17.6 Å². The van der Waals surface area contributed by atoms with E-state index in [1.165, 1.54) is 0 Å². The van der Waals surface area contributed by atoms with Gasteiger partial charge in [0.1, 0.15) is 18.0 Å². The summed E-state index contributed by atoms with van der Waals surface area (Å²) in [4.78, 5) is 4.52. The third-order valence-electron chi connectivity index (χ3n) is 7.59. The normalized spacial score (nSPS) is 18.7. The summed E-state index contributed by atoms with van der Waals surface area (Å²) in [6.45, 7) is 5.50. The molecule has 226 valence electrons. The standard InChI is InChI=1S/C32H36F2N6O2S/c1-32(2,3)43(41)39-28(29(33)34)22-13-15-24(16-14-22)37-30-27-26(40(38-30)25-12-8-7-11-23(25)19-35)17-18-36-31(27)42-20-21-9-5-4-6-10-21/h4-6,9-10,13-18,23,25,28-29,39H,7-8,11-12,20H2,1-3H3,(H,37,38)/t23-,25+,28?,43?/m1/s1. The number of nitrogens with zero attached hydrogens (tertiary/aromatic N) is 4. The number of anilines is 2. The number of hydrogen-bond donors (Lipinski definition) is 2. The highest BCUT2D eigenvalue weighted by Gasteiger charge is 2.31. The molecule has 43 heavy (non-hydrogen) atoms. The maximum Gasteiger partial charge on any atom is 0.258 e. The van der Waals surface area contributed by atoms with Gasteiger partial charge in [0.15, 0.2) is 5.82 Å². The molecule has 2 N–H and O–H groups in total. The Hall–Kier alpha value is -3.88. The highest BCUT2D eigenvalue weighted by molar-refractivity contribution is 7.84. The minimum atomic E-state index is -2.75. The molecule has 2 heterocycles. The van der Waals surface area contributed by atoms with Gasteiger partial charge in [-0.15, -0.1) is 0 Å². The maximum absolute atomic E-state index is 14.0. The van der Waals surface area contributed by atoms with Crippen molar-refractivity contribution in [3.8, 4) is 11.9 Å². The molecule has 0 amide bonds. The summed E-state index contributed by atoms with van der Waals surface area (Å²) in [5.74, 6) is 0.740. The molecule has 1 saturated carbocycles. The van der Waals surface area contributed by atoms with Gasteiger partial charge in [0.2, 0.25) is 5.88 Å². The van der Waals surface area contributed by atoms with Crippen LogP contribution in [0.5, 0.6) is 5.88 Å². The van der Waals surface area contributed by atoms with Crippen LogP contribution in [0.3, 0.4) is 0 Å². The number of hydrogen-bond acceptors (Lipinski definition) is 6. The molecule has 1 fully saturated rings. The molecule has 4 aromatic rings. The van der Waals surface area contributed by atoms with E-state index in [0.717, 1.165) is 36.8 Å². The first-order valence-corrected chi connectivity index (χ1v) is 15.6. The predicted molar refractivity (Wildman–Crippen MR) is 164 cm³/mol. The molecule has 0 saturated heterocycles. The van der Waals surface area contributed by atoms with E-state index in [9.17, 15) is 18.3 Å². The highest BCUT2D eigenvalue weighted by atomic mass is 32.2. The summed E-state index contributed by atoms with van der Waals surface area (Å²) in [5, 5.41) is 18.8. The van der Waals surface area contributed by atoms with Gasteiger partial charge in [-0.2, -0.15) is 10.4 Å². The van der Waals surface area contributed by atoms with Crippen molar-refractivity contribution in [3.63, 3.8) is 0 Å². The van der Waals surface area contributed by atoms with Crippen LogP contribution >= 0.6 is 0 Å². The van der Waals surface area contributed by atoms with Gasteiger partial charge in [-0.25, -0.2) is 22.7 Å². The summed E-state index contributed by atoms with van der Waals surface area (Å²) in [6.07, 6.45) is 2.61. The number of nitriles is 1. The molecule has 11 heteroatoms. The minimum Gasteiger partial charge on any atom is -0.472 e. The third-order valence-corrected chi connectivity index (χ3v) is 9.17. The molecule has 2 aromatic heterocycles. The summed E-state index contributed by atoms with van der Waals surface area (Å²) in [6, 6.07) is 19.2. The second-order valence-electron chi connectivity index (χ2n) is 11.7. The Kier molecular flexibility index (Phi) is 9.37. The number of rotatable bonds is 10. The van der Waals surface area contributed by atoms with Crippen LogP contribution in [0.4, 0.5) is 20.3 Å². The first-order chi connectivity index (χ1) is 20.7. The van der Waals surface area contributed by atoms with Gasteiger partial charge < -0.3 is 10.1 Å². The Balaban J connectivity index is 1.48. The van der Waals surface area contributed by atoms with Crippen LogP contribution in [0, 0.1) is 17.2 Å². The summed E-state index contributed by atoms with van der Waals surface area (Å²) in [7, 11) is -1.67. The Morgan fingerprint density at radius 3 is 2.49 bits per heavy atom. The van der Waals surface area contributed by atoms with Crippen LogP contribution in [0.2, 0.25) is 0 Å². The highest BCUT2D eigenvalue weighted by Crippen LogP contribution is 2.40. The second-order valence-corrected chi connectivity index (χ2v) is 13.7. The van der Waals surface area contributed by atoms with E-state index in [-0.39, 0.29) is 12.0 Å². The molecular weight excluding hydrogens is 570 g/mol. The van der Waals surface area contributed by atoms with E-state index in [1.54, 1.807) is 51.2 Å². The third kappa shape index (κ3) is 7.03. The second kappa shape index (κ2) is 13.2. The van der Waals surface area contributed by atoms with Crippen molar-refractivity contribution in [2.75, 3.05) is 5.32 Å². The zero-order valence-electron chi connectivity index (χ0n) is 24.5. The molecule has 8 nitrogen and oxygen atoms in total. The lowest BCUT2D eigenvalue weighted by atomic mass is 9.85. The first-order valence-electron chi connectivity index (χ1n) is 14.4. The smallest absolute Gasteiger partial charge is 0.258 e. The lowest BCUT2D eigenvalue weighted by molar-refractivity contribution is 0.109. The fourth-order valence-corrected chi connectivity index (χ4v) is 6.08. The minimum absolute atomic E-state index is 0.0925. The van der Waals surface area contributed by atoms with E-state index >= 15 is 0 Å². The van der Waals surface area contributed by atoms with Gasteiger partial charge in [-0.3, -0.25) is 4.68 Å². The van der Waals surface area contributed by atoms with Gasteiger partial charge in [-0.05, 0) is 62.9 Å². The van der Waals surface area contributed by atoms with Crippen LogP contribution < -0.4 is 14.8 Å². The number of aromatic nitrogens is 3. The van der Waals surface area contributed by atoms with E-state index in [2.05, 4.69) is 21.1 Å². The zero-order chi connectivity index (χ0) is 30.6. The van der Waals surface area contributed by atoms with E-state index in [0.29, 0.717) is 34.9 Å². The quantitative estimate of drug-likeness (QED) is 0.195. The summed E-state index contributed by atoms with van der Waals surface area (Å²) < 4.78 is 50.5. The van der Waals surface area contributed by atoms with Crippen molar-refractivity contribution in [3.05, 3.63) is 78.0 Å². The van der Waals surface area contributed by atoms with Crippen molar-refractivity contribution in [2.24, 2.45) is 5.92 Å². The Labute approximate surface area is 253 Å². The number of benzene rings is 2. The molecule has 2 aromatic carbocycles. The van der Waals surface area contributed by atoms with Crippen LogP contribution in [0.15, 0.2) is 66.9 Å². The van der Waals surface area contributed by atoms with Crippen LogP contribution in [0.25, 0.3) is 10.9 Å². The lowest BCUT2D eigenvalue weighted by Gasteiger charge is -2.27. The van der Waals surface area contributed by atoms with Gasteiger partial charge in [-0.1, -0.05) is 55.3 Å². The largest absolute Gasteiger partial charge is 0.472 e. The van der Waals surface area contributed by atoms with Crippen molar-refractivity contribution in [1.82, 2.24) is 19.5 Å². The molecule has 0 aliphatic heterocycles. The number of pyridine rings is 1. The molecule has 1 aliphatic carbocycles. The fraction of sp³-hybridized carbons (Fsp3) is 0.406. The monoisotopic (exact) mass is 606 g/mol. The number of fused-ring (bicyclic) bond motifs is 1. The van der Waals surface area contributed by atoms with Gasteiger partial charge >= 0.3 is 0 Å². The van der Waals surface area contributed by atoms with Gasteiger partial charge in [0.25, 0.3) is 6.43 Å². The first kappa shape index (κ1) is 30.6. The molecule has 0 spiro atoms. The Morgan fingerprint density at radius 1 is 1.09 bits per heavy atom. The lowest BCUT2D eigenvalue weighted by Crippen LogP contribution is -2.38. The molecule has 0 bridgehead atoms. The Morgan fingerprint density at radius 2 is 1.81 bits per heavy atom. The van der Waals surface area contributed by atoms with Gasteiger partial charge in [0, 0.05) is 11.9 Å². The molecule has 4 atom stereocenters. The van der Waals surface area contributed by atoms with E-state index < -0.39 is 28.2 Å². The molecule has 2 unspecified atom stereocenters. The van der Waals surface area contributed by atoms with Crippen LogP contribution in [-0.4, -0.2) is 30.1 Å². The van der Waals surface area contributed by atoms with Crippen LogP contribution in [0.1, 0.15) is 69.7 Å². The number of alkyl halides is 2. The van der Waals surface area contributed by atoms with Crippen molar-refractivity contribution in [2.45, 2.75) is 76.3 Å². The SMILES string of the molecule is CC(C)(C)S(=O)NC(c1ccc(Nc2nn([C@H]3CCCC[C@@H]3C#N)c3ccnc(OCc4ccccc4)c23)cc1)C(F)F. The van der Waals surface area contributed by atoms with Crippen molar-refractivity contribution in [1.29, 1.82) is 5.26 Å². The Bertz CT molecular complexity index is 1600. The fourth-order valence-electron chi connectivity index (χ4n) is 5.26. The molecule has 1 aliphatic rings. The average molecular weight is 607 g/mol. The van der Waals surface area contributed by atoms with E-state index in [4.69, 9.17) is 9.84 Å². The average Bonchev–Trinajstić information content (AvgIpc) is 3.37. The maximum atomic E-state index is 14.0. The summed E-state index contributed by atoms with van der Waals surface area (Å²) >= 11 is 0. The number of nitrogens with one attached hydrogen (secondary N) is 2. The topological polar surface area (TPSA) is 105 Å². The van der Waals surface area contributed by atoms with E-state index in [1.807, 2.05) is 41.1 Å². The molecular formula is C32H36F2N6O2S. The molecule has 5 rings (SSSR count). The van der Waals surface area contributed by atoms with Crippen molar-refractivity contribution < 1.29 is 17.7 Å². The number of ether oxygens (including phenoxy) is 1. The summed E-state index contributed by atoms with van der Waals surface area (Å²) in [5.41, 5.74) is 2.74. The number of halogens is 2.